The first-order chi connectivity index (χ1) is 14.9. The van der Waals surface area contributed by atoms with E-state index >= 15 is 0 Å². The van der Waals surface area contributed by atoms with Crippen LogP contribution in [-0.2, 0) is 13.1 Å². The molecule has 162 valence electrons. The molecule has 3 aromatic rings. The van der Waals surface area contributed by atoms with Gasteiger partial charge in [0.1, 0.15) is 5.15 Å². The quantitative estimate of drug-likeness (QED) is 0.673. The molecule has 5 rings (SSSR count). The first kappa shape index (κ1) is 20.1. The van der Waals surface area contributed by atoms with Gasteiger partial charge in [-0.25, -0.2) is 9.78 Å². The number of halogens is 1. The van der Waals surface area contributed by atoms with Crippen molar-refractivity contribution in [3.8, 4) is 0 Å². The van der Waals surface area contributed by atoms with Crippen LogP contribution in [0.4, 0.5) is 0 Å². The molecule has 1 N–H and O–H groups in total. The van der Waals surface area contributed by atoms with Crippen molar-refractivity contribution in [3.63, 3.8) is 0 Å². The predicted octanol–water partition coefficient (Wildman–Crippen LogP) is 3.04. The number of aromatic nitrogens is 4. The van der Waals surface area contributed by atoms with Crippen molar-refractivity contribution in [1.82, 2.24) is 24.0 Å². The number of carbonyl (C=O) groups is 1. The number of nitrogens with one attached hydrogen (secondary N) is 1. The highest BCUT2D eigenvalue weighted by Crippen LogP contribution is 2.40. The Balaban J connectivity index is 1.69. The second-order valence-electron chi connectivity index (χ2n) is 8.39. The molecule has 1 amide bonds. The molecule has 0 aromatic carbocycles. The summed E-state index contributed by atoms with van der Waals surface area (Å²) >= 11 is 6.26. The molecular formula is C22H24ClN5O3. The van der Waals surface area contributed by atoms with Crippen molar-refractivity contribution in [2.75, 3.05) is 6.54 Å². The lowest BCUT2D eigenvalue weighted by Crippen LogP contribution is -2.41. The third kappa shape index (κ3) is 3.20. The van der Waals surface area contributed by atoms with Gasteiger partial charge in [0.25, 0.3) is 11.5 Å². The number of nitrogens with zero attached hydrogens (tertiary/aromatic N) is 4. The standard InChI is InChI=1S/C22H24ClN5O3/c1-3-8-28-19-18(20(29)25-22(28)31)14(11-15(24-19)13-4-5-13)21(30)26-9-10-27-16(12(26)2)6-7-17(27)23/h6-7,11-13H,3-5,8-10H2,1-2H3,(H,25,29,31). The summed E-state index contributed by atoms with van der Waals surface area (Å²) in [5.74, 6) is 0.0489. The monoisotopic (exact) mass is 441 g/mol. The van der Waals surface area contributed by atoms with Crippen molar-refractivity contribution in [2.24, 2.45) is 0 Å². The van der Waals surface area contributed by atoms with Gasteiger partial charge in [0.2, 0.25) is 0 Å². The minimum atomic E-state index is -0.568. The minimum absolute atomic E-state index is 0.189. The summed E-state index contributed by atoms with van der Waals surface area (Å²) in [5.41, 5.74) is 1.30. The van der Waals surface area contributed by atoms with Crippen molar-refractivity contribution >= 4 is 28.5 Å². The van der Waals surface area contributed by atoms with Crippen LogP contribution < -0.4 is 11.2 Å². The van der Waals surface area contributed by atoms with Crippen LogP contribution in [0.15, 0.2) is 27.8 Å². The average Bonchev–Trinajstić information content (AvgIpc) is 3.53. The molecule has 1 unspecified atom stereocenters. The maximum atomic E-state index is 13.8. The van der Waals surface area contributed by atoms with Gasteiger partial charge in [0.15, 0.2) is 5.65 Å². The number of amides is 1. The highest BCUT2D eigenvalue weighted by atomic mass is 35.5. The van der Waals surface area contributed by atoms with E-state index in [9.17, 15) is 14.4 Å². The van der Waals surface area contributed by atoms with Crippen LogP contribution >= 0.6 is 11.6 Å². The van der Waals surface area contributed by atoms with E-state index in [-0.39, 0.29) is 23.3 Å². The third-order valence-electron chi connectivity index (χ3n) is 6.32. The number of aryl methyl sites for hydroxylation is 1. The molecule has 8 nitrogen and oxygen atoms in total. The van der Waals surface area contributed by atoms with Crippen LogP contribution in [-0.4, -0.2) is 36.5 Å². The van der Waals surface area contributed by atoms with Gasteiger partial charge in [-0.2, -0.15) is 0 Å². The number of carbonyl (C=O) groups excluding carboxylic acids is 1. The van der Waals surface area contributed by atoms with Crippen molar-refractivity contribution < 1.29 is 4.79 Å². The molecule has 4 heterocycles. The van der Waals surface area contributed by atoms with E-state index in [1.54, 1.807) is 11.0 Å². The SMILES string of the molecule is CCCn1c(=O)[nH]c(=O)c2c(C(=O)N3CCn4c(Cl)ccc4C3C)cc(C3CC3)nc21. The maximum Gasteiger partial charge on any atom is 0.329 e. The number of hydrogen-bond acceptors (Lipinski definition) is 4. The first-order valence-electron chi connectivity index (χ1n) is 10.7. The van der Waals surface area contributed by atoms with Crippen molar-refractivity contribution in [1.29, 1.82) is 0 Å². The summed E-state index contributed by atoms with van der Waals surface area (Å²) in [6, 6.07) is 5.33. The normalized spacial score (nSPS) is 18.4. The molecule has 0 saturated heterocycles. The van der Waals surface area contributed by atoms with Crippen LogP contribution in [0.2, 0.25) is 5.15 Å². The Morgan fingerprint density at radius 1 is 1.26 bits per heavy atom. The Morgan fingerprint density at radius 3 is 2.74 bits per heavy atom. The summed E-state index contributed by atoms with van der Waals surface area (Å²) in [5, 5.41) is 0.841. The number of aromatic amines is 1. The van der Waals surface area contributed by atoms with E-state index in [0.717, 1.165) is 24.2 Å². The Bertz CT molecular complexity index is 1320. The Labute approximate surface area is 183 Å². The molecule has 2 aliphatic rings. The summed E-state index contributed by atoms with van der Waals surface area (Å²) in [6.07, 6.45) is 2.71. The number of H-pyrrole nitrogens is 1. The predicted molar refractivity (Wildman–Crippen MR) is 118 cm³/mol. The highest BCUT2D eigenvalue weighted by molar-refractivity contribution is 6.29. The molecule has 1 atom stereocenters. The van der Waals surface area contributed by atoms with Gasteiger partial charge in [-0.05, 0) is 44.4 Å². The molecular weight excluding hydrogens is 418 g/mol. The highest BCUT2D eigenvalue weighted by Gasteiger charge is 2.33. The zero-order chi connectivity index (χ0) is 21.9. The lowest BCUT2D eigenvalue weighted by molar-refractivity contribution is 0.0646. The van der Waals surface area contributed by atoms with Crippen molar-refractivity contribution in [3.05, 3.63) is 61.1 Å². The van der Waals surface area contributed by atoms with Gasteiger partial charge in [0, 0.05) is 36.9 Å². The smallest absolute Gasteiger partial charge is 0.329 e. The van der Waals surface area contributed by atoms with Crippen LogP contribution in [0.5, 0.6) is 0 Å². The van der Waals surface area contributed by atoms with E-state index in [0.29, 0.717) is 42.4 Å². The van der Waals surface area contributed by atoms with Crippen LogP contribution in [0.3, 0.4) is 0 Å². The minimum Gasteiger partial charge on any atom is -0.332 e. The topological polar surface area (TPSA) is 93.0 Å². The van der Waals surface area contributed by atoms with E-state index in [2.05, 4.69) is 9.97 Å². The fourth-order valence-corrected chi connectivity index (χ4v) is 4.78. The molecule has 1 saturated carbocycles. The number of fused-ring (bicyclic) bond motifs is 2. The molecule has 0 spiro atoms. The summed E-state index contributed by atoms with van der Waals surface area (Å²) < 4.78 is 3.48. The summed E-state index contributed by atoms with van der Waals surface area (Å²) in [6.45, 7) is 5.41. The molecule has 1 fully saturated rings. The van der Waals surface area contributed by atoms with E-state index < -0.39 is 11.2 Å². The lowest BCUT2D eigenvalue weighted by Gasteiger charge is -2.35. The Morgan fingerprint density at radius 2 is 2.03 bits per heavy atom. The van der Waals surface area contributed by atoms with Crippen LogP contribution in [0, 0.1) is 0 Å². The third-order valence-corrected chi connectivity index (χ3v) is 6.65. The van der Waals surface area contributed by atoms with Gasteiger partial charge in [-0.15, -0.1) is 0 Å². The van der Waals surface area contributed by atoms with Gasteiger partial charge in [-0.3, -0.25) is 19.1 Å². The average molecular weight is 442 g/mol. The molecule has 0 radical (unpaired) electrons. The van der Waals surface area contributed by atoms with E-state index in [1.165, 1.54) is 4.57 Å². The summed E-state index contributed by atoms with van der Waals surface area (Å²) in [7, 11) is 0. The Kier molecular flexibility index (Phi) is 4.77. The van der Waals surface area contributed by atoms with Crippen molar-refractivity contribution in [2.45, 2.75) is 58.2 Å². The van der Waals surface area contributed by atoms with Gasteiger partial charge >= 0.3 is 5.69 Å². The molecule has 31 heavy (non-hydrogen) atoms. The van der Waals surface area contributed by atoms with Gasteiger partial charge in [-0.1, -0.05) is 18.5 Å². The zero-order valence-corrected chi connectivity index (χ0v) is 18.3. The fourth-order valence-electron chi connectivity index (χ4n) is 4.53. The van der Waals surface area contributed by atoms with Gasteiger partial charge < -0.3 is 9.47 Å². The first-order valence-corrected chi connectivity index (χ1v) is 11.1. The van der Waals surface area contributed by atoms with E-state index in [4.69, 9.17) is 11.6 Å². The fraction of sp³-hybridized carbons (Fsp3) is 0.455. The second-order valence-corrected chi connectivity index (χ2v) is 8.77. The largest absolute Gasteiger partial charge is 0.332 e. The molecule has 0 bridgehead atoms. The maximum absolute atomic E-state index is 13.8. The zero-order valence-electron chi connectivity index (χ0n) is 17.5. The number of hydrogen-bond donors (Lipinski definition) is 1. The molecule has 3 aromatic heterocycles. The number of pyridine rings is 1. The van der Waals surface area contributed by atoms with E-state index in [1.807, 2.05) is 30.5 Å². The van der Waals surface area contributed by atoms with Crippen LogP contribution in [0.1, 0.15) is 66.8 Å². The number of rotatable bonds is 4. The van der Waals surface area contributed by atoms with Gasteiger partial charge in [0.05, 0.1) is 17.0 Å². The summed E-state index contributed by atoms with van der Waals surface area (Å²) in [4.78, 5) is 47.9. The molecule has 1 aliphatic carbocycles. The lowest BCUT2D eigenvalue weighted by atomic mass is 10.0. The molecule has 1 aliphatic heterocycles. The molecule has 9 heteroatoms. The van der Waals surface area contributed by atoms with Crippen LogP contribution in [0.25, 0.3) is 11.0 Å². The second kappa shape index (κ2) is 7.37. The Hall–Kier alpha value is -2.87.